The molecule has 0 aromatic carbocycles. The van der Waals surface area contributed by atoms with Gasteiger partial charge in [0.15, 0.2) is 0 Å². The summed E-state index contributed by atoms with van der Waals surface area (Å²) in [5, 5.41) is 7.80. The summed E-state index contributed by atoms with van der Waals surface area (Å²) in [5.74, 6) is 0. The first-order chi connectivity index (χ1) is 8.24. The maximum atomic E-state index is 4.31. The third-order valence-electron chi connectivity index (χ3n) is 2.75. The third kappa shape index (κ3) is 5.84. The normalized spacial score (nSPS) is 11.3. The minimum atomic E-state index is 0.933. The number of nitrogens with zero attached hydrogens (tertiary/aromatic N) is 3. The monoisotopic (exact) mass is 238 g/mol. The van der Waals surface area contributed by atoms with E-state index in [9.17, 15) is 0 Å². The van der Waals surface area contributed by atoms with Crippen LogP contribution in [0.3, 0.4) is 0 Å². The van der Waals surface area contributed by atoms with Gasteiger partial charge in [-0.15, -0.1) is 0 Å². The number of nitrogens with one attached hydrogen (secondary N) is 1. The quantitative estimate of drug-likeness (QED) is 0.665. The number of hydrogen-bond donors (Lipinski definition) is 1. The molecule has 4 heteroatoms. The van der Waals surface area contributed by atoms with Crippen LogP contribution in [0, 0.1) is 0 Å². The molecular formula is C13H26N4. The molecule has 1 aromatic heterocycles. The van der Waals surface area contributed by atoms with E-state index in [1.165, 1.54) is 25.1 Å². The average Bonchev–Trinajstić information content (AvgIpc) is 2.71. The second kappa shape index (κ2) is 8.25. The molecule has 4 nitrogen and oxygen atoms in total. The molecule has 0 saturated heterocycles. The summed E-state index contributed by atoms with van der Waals surface area (Å²) in [4.78, 5) is 2.23. The Bertz CT molecular complexity index is 293. The molecular weight excluding hydrogens is 212 g/mol. The molecule has 0 aliphatic carbocycles. The fourth-order valence-electron chi connectivity index (χ4n) is 1.82. The predicted octanol–water partition coefficient (Wildman–Crippen LogP) is 1.72. The Morgan fingerprint density at radius 1 is 1.35 bits per heavy atom. The van der Waals surface area contributed by atoms with E-state index in [4.69, 9.17) is 0 Å². The van der Waals surface area contributed by atoms with Gasteiger partial charge in [-0.1, -0.05) is 6.92 Å². The van der Waals surface area contributed by atoms with Crippen LogP contribution in [0.25, 0.3) is 0 Å². The van der Waals surface area contributed by atoms with Crippen molar-refractivity contribution in [2.24, 2.45) is 0 Å². The lowest BCUT2D eigenvalue weighted by atomic mass is 10.3. The van der Waals surface area contributed by atoms with Crippen molar-refractivity contribution in [3.63, 3.8) is 0 Å². The Morgan fingerprint density at radius 2 is 2.18 bits per heavy atom. The zero-order valence-electron chi connectivity index (χ0n) is 11.4. The Kier molecular flexibility index (Phi) is 6.89. The van der Waals surface area contributed by atoms with Crippen molar-refractivity contribution in [3.8, 4) is 0 Å². The van der Waals surface area contributed by atoms with Gasteiger partial charge in [0, 0.05) is 19.3 Å². The summed E-state index contributed by atoms with van der Waals surface area (Å²) >= 11 is 0. The molecule has 0 spiro atoms. The summed E-state index contributed by atoms with van der Waals surface area (Å²) in [6.07, 6.45) is 5.52. The van der Waals surface area contributed by atoms with Crippen molar-refractivity contribution in [2.75, 3.05) is 27.2 Å². The minimum absolute atomic E-state index is 0.933. The van der Waals surface area contributed by atoms with Crippen molar-refractivity contribution < 1.29 is 0 Å². The Hall–Kier alpha value is -0.870. The zero-order chi connectivity index (χ0) is 12.5. The van der Waals surface area contributed by atoms with Gasteiger partial charge in [0.2, 0.25) is 0 Å². The molecule has 17 heavy (non-hydrogen) atoms. The van der Waals surface area contributed by atoms with Crippen LogP contribution in [0.4, 0.5) is 0 Å². The summed E-state index contributed by atoms with van der Waals surface area (Å²) in [6.45, 7) is 6.40. The van der Waals surface area contributed by atoms with E-state index in [1.807, 2.05) is 6.20 Å². The van der Waals surface area contributed by atoms with E-state index >= 15 is 0 Å². The molecule has 0 fully saturated rings. The van der Waals surface area contributed by atoms with Gasteiger partial charge in [0.1, 0.15) is 0 Å². The molecule has 0 radical (unpaired) electrons. The van der Waals surface area contributed by atoms with Gasteiger partial charge < -0.3 is 10.2 Å². The van der Waals surface area contributed by atoms with Crippen molar-refractivity contribution in [2.45, 2.75) is 39.3 Å². The SMILES string of the molecule is CCCn1nccc1CNCCCCN(C)C. The van der Waals surface area contributed by atoms with Gasteiger partial charge in [-0.25, -0.2) is 0 Å². The van der Waals surface area contributed by atoms with Crippen LogP contribution < -0.4 is 5.32 Å². The highest BCUT2D eigenvalue weighted by atomic mass is 15.3. The van der Waals surface area contributed by atoms with Gasteiger partial charge in [-0.2, -0.15) is 5.10 Å². The van der Waals surface area contributed by atoms with E-state index in [-0.39, 0.29) is 0 Å². The lowest BCUT2D eigenvalue weighted by molar-refractivity contribution is 0.391. The molecule has 0 aliphatic rings. The van der Waals surface area contributed by atoms with Crippen LogP contribution in [-0.4, -0.2) is 41.9 Å². The maximum Gasteiger partial charge on any atom is 0.0522 e. The lowest BCUT2D eigenvalue weighted by Gasteiger charge is -2.10. The summed E-state index contributed by atoms with van der Waals surface area (Å²) in [7, 11) is 4.24. The first-order valence-electron chi connectivity index (χ1n) is 6.60. The molecule has 0 atom stereocenters. The lowest BCUT2D eigenvalue weighted by Crippen LogP contribution is -2.19. The molecule has 1 heterocycles. The molecule has 0 bridgehead atoms. The van der Waals surface area contributed by atoms with Gasteiger partial charge in [-0.05, 0) is 52.5 Å². The predicted molar refractivity (Wildman–Crippen MR) is 72.0 cm³/mol. The van der Waals surface area contributed by atoms with Crippen LogP contribution in [0.2, 0.25) is 0 Å². The molecule has 1 rings (SSSR count). The maximum absolute atomic E-state index is 4.31. The first kappa shape index (κ1) is 14.2. The third-order valence-corrected chi connectivity index (χ3v) is 2.75. The van der Waals surface area contributed by atoms with E-state index in [2.05, 4.69) is 47.1 Å². The number of aromatic nitrogens is 2. The highest BCUT2D eigenvalue weighted by molar-refractivity contribution is 4.99. The zero-order valence-corrected chi connectivity index (χ0v) is 11.4. The molecule has 0 saturated carbocycles. The van der Waals surface area contributed by atoms with E-state index in [0.717, 1.165) is 26.1 Å². The van der Waals surface area contributed by atoms with E-state index < -0.39 is 0 Å². The highest BCUT2D eigenvalue weighted by Gasteiger charge is 2.00. The molecule has 0 unspecified atom stereocenters. The van der Waals surface area contributed by atoms with Crippen molar-refractivity contribution in [1.82, 2.24) is 20.0 Å². The van der Waals surface area contributed by atoms with Gasteiger partial charge in [0.05, 0.1) is 5.69 Å². The molecule has 1 N–H and O–H groups in total. The van der Waals surface area contributed by atoms with E-state index in [0.29, 0.717) is 0 Å². The van der Waals surface area contributed by atoms with Gasteiger partial charge >= 0.3 is 0 Å². The van der Waals surface area contributed by atoms with Gasteiger partial charge in [0.25, 0.3) is 0 Å². The standard InChI is InChI=1S/C13H26N4/c1-4-10-17-13(7-9-15-17)12-14-8-5-6-11-16(2)3/h7,9,14H,4-6,8,10-12H2,1-3H3. The molecule has 0 amide bonds. The molecule has 98 valence electrons. The van der Waals surface area contributed by atoms with Crippen molar-refractivity contribution in [1.29, 1.82) is 0 Å². The van der Waals surface area contributed by atoms with Crippen molar-refractivity contribution in [3.05, 3.63) is 18.0 Å². The number of aryl methyl sites for hydroxylation is 1. The minimum Gasteiger partial charge on any atom is -0.311 e. The Morgan fingerprint density at radius 3 is 2.88 bits per heavy atom. The highest BCUT2D eigenvalue weighted by Crippen LogP contribution is 2.00. The largest absolute Gasteiger partial charge is 0.311 e. The molecule has 1 aromatic rings. The van der Waals surface area contributed by atoms with Crippen LogP contribution in [0.15, 0.2) is 12.3 Å². The van der Waals surface area contributed by atoms with Crippen LogP contribution in [0.1, 0.15) is 31.9 Å². The second-order valence-electron chi connectivity index (χ2n) is 4.73. The second-order valence-corrected chi connectivity index (χ2v) is 4.73. The summed E-state index contributed by atoms with van der Waals surface area (Å²) < 4.78 is 2.09. The average molecular weight is 238 g/mol. The van der Waals surface area contributed by atoms with Crippen LogP contribution in [-0.2, 0) is 13.1 Å². The number of unbranched alkanes of at least 4 members (excludes halogenated alkanes) is 1. The molecule has 0 aliphatic heterocycles. The number of hydrogen-bond acceptors (Lipinski definition) is 3. The topological polar surface area (TPSA) is 33.1 Å². The van der Waals surface area contributed by atoms with Crippen LogP contribution >= 0.6 is 0 Å². The fraction of sp³-hybridized carbons (Fsp3) is 0.769. The van der Waals surface area contributed by atoms with E-state index in [1.54, 1.807) is 0 Å². The smallest absolute Gasteiger partial charge is 0.0522 e. The fourth-order valence-corrected chi connectivity index (χ4v) is 1.82. The van der Waals surface area contributed by atoms with Crippen LogP contribution in [0.5, 0.6) is 0 Å². The van der Waals surface area contributed by atoms with Gasteiger partial charge in [-0.3, -0.25) is 4.68 Å². The first-order valence-corrected chi connectivity index (χ1v) is 6.60. The number of rotatable bonds is 9. The Labute approximate surface area is 105 Å². The Balaban J connectivity index is 2.11. The summed E-state index contributed by atoms with van der Waals surface area (Å²) in [5.41, 5.74) is 1.29. The summed E-state index contributed by atoms with van der Waals surface area (Å²) in [6, 6.07) is 2.10. The van der Waals surface area contributed by atoms with Crippen molar-refractivity contribution >= 4 is 0 Å².